The van der Waals surface area contributed by atoms with Crippen LogP contribution in [0.1, 0.15) is 5.69 Å². The Morgan fingerprint density at radius 2 is 1.71 bits per heavy atom. The molecule has 6 heteroatoms. The van der Waals surface area contributed by atoms with Crippen LogP contribution in [0.15, 0.2) is 83.9 Å². The number of fused-ring (bicyclic) bond motifs is 2. The summed E-state index contributed by atoms with van der Waals surface area (Å²) >= 11 is 0. The van der Waals surface area contributed by atoms with E-state index in [1.165, 1.54) is 4.68 Å². The third-order valence-electron chi connectivity index (χ3n) is 4.82. The fourth-order valence-corrected chi connectivity index (χ4v) is 3.42. The molecule has 0 aliphatic carbocycles. The number of pyridine rings is 3. The first-order valence-corrected chi connectivity index (χ1v) is 9.13. The van der Waals surface area contributed by atoms with Crippen LogP contribution in [0.2, 0.25) is 0 Å². The first-order valence-electron chi connectivity index (χ1n) is 9.13. The lowest BCUT2D eigenvalue weighted by Crippen LogP contribution is -2.23. The lowest BCUT2D eigenvalue weighted by Gasteiger charge is -2.03. The summed E-state index contributed by atoms with van der Waals surface area (Å²) in [4.78, 5) is 21.7. The molecule has 4 heterocycles. The van der Waals surface area contributed by atoms with E-state index in [0.29, 0.717) is 18.6 Å². The van der Waals surface area contributed by atoms with Crippen LogP contribution in [0.3, 0.4) is 0 Å². The summed E-state index contributed by atoms with van der Waals surface area (Å²) in [5, 5.41) is 5.61. The standard InChI is InChI=1S/C22H17N5O/c28-22-26(15-12-18-9-8-16-4-1-2-5-19(16)24-18)25-21-7-3-6-20(27(21)22)17-10-13-23-14-11-17/h1-11,13-14H,12,15H2. The average molecular weight is 367 g/mol. The van der Waals surface area contributed by atoms with Gasteiger partial charge in [-0.05, 0) is 36.4 Å². The van der Waals surface area contributed by atoms with Crippen molar-refractivity contribution in [2.75, 3.05) is 0 Å². The average Bonchev–Trinajstić information content (AvgIpc) is 3.08. The minimum atomic E-state index is -0.150. The molecule has 0 unspecified atom stereocenters. The van der Waals surface area contributed by atoms with Crippen molar-refractivity contribution in [3.63, 3.8) is 0 Å². The number of benzene rings is 1. The maximum atomic E-state index is 13.0. The van der Waals surface area contributed by atoms with Crippen LogP contribution < -0.4 is 5.69 Å². The van der Waals surface area contributed by atoms with E-state index in [-0.39, 0.29) is 5.69 Å². The molecule has 0 N–H and O–H groups in total. The molecule has 0 radical (unpaired) electrons. The molecular formula is C22H17N5O. The van der Waals surface area contributed by atoms with Gasteiger partial charge in [0.2, 0.25) is 0 Å². The number of para-hydroxylation sites is 1. The number of rotatable bonds is 4. The molecule has 0 bridgehead atoms. The third-order valence-corrected chi connectivity index (χ3v) is 4.82. The van der Waals surface area contributed by atoms with E-state index < -0.39 is 0 Å². The molecule has 0 amide bonds. The second-order valence-electron chi connectivity index (χ2n) is 6.59. The molecule has 136 valence electrons. The number of hydrogen-bond acceptors (Lipinski definition) is 4. The van der Waals surface area contributed by atoms with Crippen molar-refractivity contribution >= 4 is 16.6 Å². The van der Waals surface area contributed by atoms with Crippen LogP contribution in [0.5, 0.6) is 0 Å². The SMILES string of the molecule is O=c1n(CCc2ccc3ccccc3n2)nc2cccc(-c3ccncc3)n12. The van der Waals surface area contributed by atoms with Gasteiger partial charge in [-0.3, -0.25) is 9.97 Å². The Labute approximate surface area is 160 Å². The van der Waals surface area contributed by atoms with Gasteiger partial charge in [0.1, 0.15) is 0 Å². The summed E-state index contributed by atoms with van der Waals surface area (Å²) in [6.07, 6.45) is 4.07. The molecule has 0 aliphatic rings. The minimum absolute atomic E-state index is 0.150. The van der Waals surface area contributed by atoms with Crippen molar-refractivity contribution in [2.45, 2.75) is 13.0 Å². The van der Waals surface area contributed by atoms with E-state index in [2.05, 4.69) is 21.1 Å². The van der Waals surface area contributed by atoms with E-state index in [1.54, 1.807) is 16.8 Å². The van der Waals surface area contributed by atoms with Gasteiger partial charge in [-0.1, -0.05) is 30.3 Å². The first-order chi connectivity index (χ1) is 13.8. The van der Waals surface area contributed by atoms with Crippen molar-refractivity contribution in [2.24, 2.45) is 0 Å². The van der Waals surface area contributed by atoms with E-state index in [9.17, 15) is 4.79 Å². The van der Waals surface area contributed by atoms with Crippen molar-refractivity contribution in [3.8, 4) is 11.3 Å². The predicted octanol–water partition coefficient (Wildman–Crippen LogP) is 3.35. The second-order valence-corrected chi connectivity index (χ2v) is 6.59. The van der Waals surface area contributed by atoms with E-state index in [4.69, 9.17) is 0 Å². The molecule has 0 fully saturated rings. The Morgan fingerprint density at radius 3 is 2.61 bits per heavy atom. The number of hydrogen-bond donors (Lipinski definition) is 0. The van der Waals surface area contributed by atoms with Crippen molar-refractivity contribution in [1.29, 1.82) is 0 Å². The van der Waals surface area contributed by atoms with Crippen LogP contribution in [-0.2, 0) is 13.0 Å². The van der Waals surface area contributed by atoms with Crippen LogP contribution in [0, 0.1) is 0 Å². The lowest BCUT2D eigenvalue weighted by molar-refractivity contribution is 0.588. The molecular weight excluding hydrogens is 350 g/mol. The summed E-state index contributed by atoms with van der Waals surface area (Å²) in [5.74, 6) is 0. The van der Waals surface area contributed by atoms with E-state index >= 15 is 0 Å². The van der Waals surface area contributed by atoms with Gasteiger partial charge in [-0.25, -0.2) is 13.9 Å². The van der Waals surface area contributed by atoms with Gasteiger partial charge in [0, 0.05) is 35.5 Å². The van der Waals surface area contributed by atoms with Crippen molar-refractivity contribution < 1.29 is 0 Å². The van der Waals surface area contributed by atoms with Crippen LogP contribution >= 0.6 is 0 Å². The number of nitrogens with zero attached hydrogens (tertiary/aromatic N) is 5. The normalized spacial score (nSPS) is 11.3. The maximum absolute atomic E-state index is 13.0. The van der Waals surface area contributed by atoms with Gasteiger partial charge in [0.05, 0.1) is 17.8 Å². The molecule has 0 atom stereocenters. The summed E-state index contributed by atoms with van der Waals surface area (Å²) in [5.41, 5.74) is 4.12. The molecule has 0 saturated heterocycles. The first kappa shape index (κ1) is 16.4. The third kappa shape index (κ3) is 2.85. The zero-order valence-corrected chi connectivity index (χ0v) is 15.1. The van der Waals surface area contributed by atoms with Crippen LogP contribution in [0.25, 0.3) is 27.8 Å². The van der Waals surface area contributed by atoms with Gasteiger partial charge in [-0.15, -0.1) is 5.10 Å². The Balaban J connectivity index is 1.49. The fourth-order valence-electron chi connectivity index (χ4n) is 3.42. The number of aromatic nitrogens is 5. The Kier molecular flexibility index (Phi) is 3.94. The highest BCUT2D eigenvalue weighted by Crippen LogP contribution is 2.18. The summed E-state index contributed by atoms with van der Waals surface area (Å²) < 4.78 is 3.15. The molecule has 5 aromatic rings. The van der Waals surface area contributed by atoms with Gasteiger partial charge in [0.15, 0.2) is 5.65 Å². The summed E-state index contributed by atoms with van der Waals surface area (Å²) in [6.45, 7) is 0.474. The van der Waals surface area contributed by atoms with E-state index in [1.807, 2.05) is 60.7 Å². The second kappa shape index (κ2) is 6.74. The monoisotopic (exact) mass is 367 g/mol. The molecule has 5 rings (SSSR count). The van der Waals surface area contributed by atoms with Gasteiger partial charge in [-0.2, -0.15) is 0 Å². The van der Waals surface area contributed by atoms with Crippen LogP contribution in [0.4, 0.5) is 0 Å². The minimum Gasteiger partial charge on any atom is -0.265 e. The lowest BCUT2D eigenvalue weighted by atomic mass is 10.2. The zero-order valence-electron chi connectivity index (χ0n) is 15.1. The molecule has 0 spiro atoms. The van der Waals surface area contributed by atoms with Gasteiger partial charge in [0.25, 0.3) is 0 Å². The number of aryl methyl sites for hydroxylation is 2. The van der Waals surface area contributed by atoms with Gasteiger partial charge < -0.3 is 0 Å². The highest BCUT2D eigenvalue weighted by Gasteiger charge is 2.12. The molecule has 1 aromatic carbocycles. The van der Waals surface area contributed by atoms with Gasteiger partial charge >= 0.3 is 5.69 Å². The molecule has 6 nitrogen and oxygen atoms in total. The topological polar surface area (TPSA) is 65.1 Å². The zero-order chi connectivity index (χ0) is 18.9. The largest absolute Gasteiger partial charge is 0.350 e. The van der Waals surface area contributed by atoms with E-state index in [0.717, 1.165) is 27.9 Å². The Morgan fingerprint density at radius 1 is 0.857 bits per heavy atom. The molecule has 28 heavy (non-hydrogen) atoms. The highest BCUT2D eigenvalue weighted by atomic mass is 16.2. The Bertz CT molecular complexity index is 1340. The predicted molar refractivity (Wildman–Crippen MR) is 108 cm³/mol. The quantitative estimate of drug-likeness (QED) is 0.489. The van der Waals surface area contributed by atoms with Crippen molar-refractivity contribution in [3.05, 3.63) is 95.3 Å². The summed E-state index contributed by atoms with van der Waals surface area (Å²) in [7, 11) is 0. The molecule has 4 aromatic heterocycles. The summed E-state index contributed by atoms with van der Waals surface area (Å²) in [6, 6.07) is 21.5. The molecule has 0 aliphatic heterocycles. The Hall–Kier alpha value is -3.80. The van der Waals surface area contributed by atoms with Crippen molar-refractivity contribution in [1.82, 2.24) is 24.1 Å². The smallest absolute Gasteiger partial charge is 0.265 e. The fraction of sp³-hybridized carbons (Fsp3) is 0.0909. The van der Waals surface area contributed by atoms with Crippen LogP contribution in [-0.4, -0.2) is 24.1 Å². The maximum Gasteiger partial charge on any atom is 0.350 e. The highest BCUT2D eigenvalue weighted by molar-refractivity contribution is 5.78. The molecule has 0 saturated carbocycles.